The minimum atomic E-state index is -0.0590. The van der Waals surface area contributed by atoms with Gasteiger partial charge in [0, 0.05) is 24.5 Å². The summed E-state index contributed by atoms with van der Waals surface area (Å²) >= 11 is 0. The number of nitrogens with zero attached hydrogens (tertiary/aromatic N) is 1. The Kier molecular flexibility index (Phi) is 4.23. The highest BCUT2D eigenvalue weighted by Gasteiger charge is 2.14. The molecule has 3 rings (SSSR count). The van der Waals surface area contributed by atoms with Crippen molar-refractivity contribution in [1.82, 2.24) is 4.57 Å². The number of fused-ring (bicyclic) bond motifs is 1. The van der Waals surface area contributed by atoms with E-state index in [1.54, 1.807) is 0 Å². The van der Waals surface area contributed by atoms with Crippen LogP contribution in [0.3, 0.4) is 0 Å². The van der Waals surface area contributed by atoms with E-state index in [-0.39, 0.29) is 6.29 Å². The van der Waals surface area contributed by atoms with Gasteiger partial charge in [-0.2, -0.15) is 0 Å². The molecule has 2 aromatic rings. The Morgan fingerprint density at radius 2 is 2.10 bits per heavy atom. The normalized spacial score (nSPS) is 16.6. The molecule has 20 heavy (non-hydrogen) atoms. The summed E-state index contributed by atoms with van der Waals surface area (Å²) in [6, 6.07) is 8.30. The predicted octanol–water partition coefficient (Wildman–Crippen LogP) is 3.19. The molecule has 2 heterocycles. The van der Waals surface area contributed by atoms with E-state index in [0.717, 1.165) is 38.3 Å². The third-order valence-electron chi connectivity index (χ3n) is 3.58. The molecule has 0 bridgehead atoms. The van der Waals surface area contributed by atoms with Crippen LogP contribution in [0.25, 0.3) is 10.9 Å². The maximum Gasteiger partial charge on any atom is 0.159 e. The van der Waals surface area contributed by atoms with Crippen LogP contribution in [0.15, 0.2) is 30.5 Å². The lowest BCUT2D eigenvalue weighted by Gasteiger charge is -2.23. The molecule has 1 aliphatic rings. The van der Waals surface area contributed by atoms with Gasteiger partial charge in [0.15, 0.2) is 6.29 Å². The highest BCUT2D eigenvalue weighted by molar-refractivity contribution is 5.86. The van der Waals surface area contributed by atoms with Gasteiger partial charge in [-0.1, -0.05) is 6.07 Å². The Hall–Kier alpha value is -1.52. The van der Waals surface area contributed by atoms with Crippen LogP contribution in [-0.2, 0) is 16.0 Å². The van der Waals surface area contributed by atoms with Crippen LogP contribution in [0.1, 0.15) is 19.8 Å². The average Bonchev–Trinajstić information content (AvgIpc) is 2.91. The number of hydrogen-bond acceptors (Lipinski definition) is 3. The summed E-state index contributed by atoms with van der Waals surface area (Å²) in [4.78, 5) is 0. The first-order valence-electron chi connectivity index (χ1n) is 7.32. The Labute approximate surface area is 119 Å². The van der Waals surface area contributed by atoms with E-state index in [2.05, 4.69) is 22.9 Å². The van der Waals surface area contributed by atoms with Gasteiger partial charge in [0.05, 0.1) is 25.3 Å². The first kappa shape index (κ1) is 13.5. The summed E-state index contributed by atoms with van der Waals surface area (Å²) in [5.74, 6) is 0.953. The molecule has 0 spiro atoms. The lowest BCUT2D eigenvalue weighted by Crippen LogP contribution is -2.25. The summed E-state index contributed by atoms with van der Waals surface area (Å²) in [5.41, 5.74) is 1.20. The first-order chi connectivity index (χ1) is 9.88. The predicted molar refractivity (Wildman–Crippen MR) is 78.0 cm³/mol. The van der Waals surface area contributed by atoms with E-state index in [9.17, 15) is 0 Å². The second-order valence-corrected chi connectivity index (χ2v) is 4.94. The molecule has 4 heteroatoms. The summed E-state index contributed by atoms with van der Waals surface area (Å²) in [7, 11) is 0. The Morgan fingerprint density at radius 1 is 1.25 bits per heavy atom. The number of rotatable bonds is 5. The van der Waals surface area contributed by atoms with Crippen LogP contribution in [0.2, 0.25) is 0 Å². The number of ether oxygens (including phenoxy) is 3. The minimum Gasteiger partial charge on any atom is -0.493 e. The van der Waals surface area contributed by atoms with Crippen molar-refractivity contribution in [3.8, 4) is 5.75 Å². The van der Waals surface area contributed by atoms with Crippen LogP contribution >= 0.6 is 0 Å². The van der Waals surface area contributed by atoms with Crippen LogP contribution < -0.4 is 4.74 Å². The molecule has 1 aliphatic heterocycles. The van der Waals surface area contributed by atoms with Gasteiger partial charge >= 0.3 is 0 Å². The van der Waals surface area contributed by atoms with Crippen LogP contribution in [0.5, 0.6) is 5.75 Å². The zero-order chi connectivity index (χ0) is 13.8. The van der Waals surface area contributed by atoms with Crippen molar-refractivity contribution in [1.29, 1.82) is 0 Å². The van der Waals surface area contributed by atoms with Gasteiger partial charge in [0.1, 0.15) is 5.75 Å². The highest BCUT2D eigenvalue weighted by atomic mass is 16.7. The number of hydrogen-bond donors (Lipinski definition) is 0. The van der Waals surface area contributed by atoms with Crippen molar-refractivity contribution in [2.24, 2.45) is 0 Å². The van der Waals surface area contributed by atoms with Crippen LogP contribution in [0.4, 0.5) is 0 Å². The van der Waals surface area contributed by atoms with Crippen molar-refractivity contribution in [3.63, 3.8) is 0 Å². The van der Waals surface area contributed by atoms with Crippen molar-refractivity contribution in [2.75, 3.05) is 19.8 Å². The van der Waals surface area contributed by atoms with Crippen molar-refractivity contribution in [3.05, 3.63) is 30.5 Å². The molecule has 0 unspecified atom stereocenters. The molecule has 4 nitrogen and oxygen atoms in total. The van der Waals surface area contributed by atoms with Gasteiger partial charge in [-0.25, -0.2) is 0 Å². The molecule has 1 fully saturated rings. The molecule has 1 aromatic carbocycles. The molecular formula is C16H21NO3. The Bertz CT molecular complexity index is 558. The zero-order valence-corrected chi connectivity index (χ0v) is 11.9. The van der Waals surface area contributed by atoms with E-state index in [4.69, 9.17) is 14.2 Å². The monoisotopic (exact) mass is 275 g/mol. The quantitative estimate of drug-likeness (QED) is 0.840. The molecule has 0 atom stereocenters. The van der Waals surface area contributed by atoms with Crippen molar-refractivity contribution < 1.29 is 14.2 Å². The highest BCUT2D eigenvalue weighted by Crippen LogP contribution is 2.27. The third kappa shape index (κ3) is 2.81. The van der Waals surface area contributed by atoms with E-state index in [1.165, 1.54) is 10.9 Å². The lowest BCUT2D eigenvalue weighted by atomic mass is 10.2. The largest absolute Gasteiger partial charge is 0.493 e. The standard InChI is InChI=1S/C16H21NO3/c1-2-18-15-6-3-5-14-13(15)7-9-17(14)10-8-16-19-11-4-12-20-16/h3,5-7,9,16H,2,4,8,10-12H2,1H3. The SMILES string of the molecule is CCOc1cccc2c1ccn2CCC1OCCCO1. The molecule has 0 aliphatic carbocycles. The molecular weight excluding hydrogens is 254 g/mol. The topological polar surface area (TPSA) is 32.6 Å². The molecule has 0 amide bonds. The maximum atomic E-state index is 5.66. The molecule has 0 saturated carbocycles. The second kappa shape index (κ2) is 6.29. The third-order valence-corrected chi connectivity index (χ3v) is 3.58. The summed E-state index contributed by atoms with van der Waals surface area (Å²) in [6.45, 7) is 5.21. The maximum absolute atomic E-state index is 5.66. The molecule has 0 radical (unpaired) electrons. The number of aromatic nitrogens is 1. The molecule has 1 saturated heterocycles. The van der Waals surface area contributed by atoms with Gasteiger partial charge in [-0.3, -0.25) is 0 Å². The Morgan fingerprint density at radius 3 is 2.90 bits per heavy atom. The van der Waals surface area contributed by atoms with Crippen LogP contribution in [-0.4, -0.2) is 30.7 Å². The molecule has 1 aromatic heterocycles. The molecule has 108 valence electrons. The van der Waals surface area contributed by atoms with Gasteiger partial charge in [-0.15, -0.1) is 0 Å². The summed E-state index contributed by atoms with van der Waals surface area (Å²) in [6.07, 6.45) is 3.93. The Balaban J connectivity index is 1.73. The second-order valence-electron chi connectivity index (χ2n) is 4.94. The van der Waals surface area contributed by atoms with Crippen molar-refractivity contribution >= 4 is 10.9 Å². The minimum absolute atomic E-state index is 0.0590. The van der Waals surface area contributed by atoms with Gasteiger partial charge < -0.3 is 18.8 Å². The van der Waals surface area contributed by atoms with E-state index in [0.29, 0.717) is 6.61 Å². The first-order valence-corrected chi connectivity index (χ1v) is 7.32. The average molecular weight is 275 g/mol. The zero-order valence-electron chi connectivity index (χ0n) is 11.9. The number of aryl methyl sites for hydroxylation is 1. The summed E-state index contributed by atoms with van der Waals surface area (Å²) < 4.78 is 19.1. The lowest BCUT2D eigenvalue weighted by molar-refractivity contribution is -0.182. The van der Waals surface area contributed by atoms with Gasteiger partial charge in [0.25, 0.3) is 0 Å². The van der Waals surface area contributed by atoms with E-state index < -0.39 is 0 Å². The van der Waals surface area contributed by atoms with Gasteiger partial charge in [-0.05, 0) is 31.5 Å². The van der Waals surface area contributed by atoms with E-state index in [1.807, 2.05) is 19.1 Å². The fourth-order valence-corrected chi connectivity index (χ4v) is 2.62. The fourth-order valence-electron chi connectivity index (χ4n) is 2.62. The van der Waals surface area contributed by atoms with Gasteiger partial charge in [0.2, 0.25) is 0 Å². The fraction of sp³-hybridized carbons (Fsp3) is 0.500. The smallest absolute Gasteiger partial charge is 0.159 e. The summed E-state index contributed by atoms with van der Waals surface area (Å²) in [5, 5.41) is 1.17. The van der Waals surface area contributed by atoms with E-state index >= 15 is 0 Å². The molecule has 0 N–H and O–H groups in total. The van der Waals surface area contributed by atoms with Crippen LogP contribution in [0, 0.1) is 0 Å². The number of benzene rings is 1. The van der Waals surface area contributed by atoms with Crippen molar-refractivity contribution in [2.45, 2.75) is 32.6 Å².